The lowest BCUT2D eigenvalue weighted by atomic mass is 10.1. The third-order valence-corrected chi connectivity index (χ3v) is 8.17. The number of benzene rings is 2. The van der Waals surface area contributed by atoms with Crippen LogP contribution in [0.1, 0.15) is 27.2 Å². The van der Waals surface area contributed by atoms with Crippen LogP contribution in [-0.2, 0) is 9.09 Å². The van der Waals surface area contributed by atoms with E-state index in [1.54, 1.807) is 22.7 Å². The largest absolute Gasteiger partial charge is 0.477 e. The molecule has 0 aliphatic carbocycles. The van der Waals surface area contributed by atoms with Crippen LogP contribution in [0.5, 0.6) is 0 Å². The Morgan fingerprint density at radius 1 is 1.03 bits per heavy atom. The predicted octanol–water partition coefficient (Wildman–Crippen LogP) is 4.78. The summed E-state index contributed by atoms with van der Waals surface area (Å²) in [7, 11) is -2.33. The maximum absolute atomic E-state index is 13.7. The number of fused-ring (bicyclic) bond motifs is 1. The third-order valence-electron chi connectivity index (χ3n) is 6.02. The van der Waals surface area contributed by atoms with Crippen molar-refractivity contribution < 1.29 is 19.0 Å². The summed E-state index contributed by atoms with van der Waals surface area (Å²) < 4.78 is 22.2. The van der Waals surface area contributed by atoms with Crippen LogP contribution >= 0.6 is 7.52 Å². The Hall–Kier alpha value is -4.27. The minimum Gasteiger partial charge on any atom is -0.477 e. The van der Waals surface area contributed by atoms with E-state index in [2.05, 4.69) is 20.3 Å². The molecule has 3 aromatic heterocycles. The van der Waals surface area contributed by atoms with E-state index in [-0.39, 0.29) is 11.4 Å². The predicted molar refractivity (Wildman–Crippen MR) is 141 cm³/mol. The fourth-order valence-electron chi connectivity index (χ4n) is 4.12. The van der Waals surface area contributed by atoms with Gasteiger partial charge in [0.1, 0.15) is 5.56 Å². The second-order valence-electron chi connectivity index (χ2n) is 8.73. The summed E-state index contributed by atoms with van der Waals surface area (Å²) in [6, 6.07) is 16.6. The number of carboxylic acids is 1. The number of nitrogens with one attached hydrogen (secondary N) is 1. The van der Waals surface area contributed by atoms with Gasteiger partial charge >= 0.3 is 13.5 Å². The number of nitrogens with zero attached hydrogens (tertiary/aromatic N) is 5. The van der Waals surface area contributed by atoms with Crippen molar-refractivity contribution in [3.8, 4) is 16.9 Å². The molecule has 0 amide bonds. The summed E-state index contributed by atoms with van der Waals surface area (Å²) in [4.78, 5) is 16.5. The number of hydrogen-bond donors (Lipinski definition) is 2. The molecule has 0 spiro atoms. The van der Waals surface area contributed by atoms with E-state index in [1.165, 1.54) is 18.0 Å². The molecule has 0 fully saturated rings. The SMILES string of the molecule is COP(=O)(Nc1nn(-c2ccc(-c3cc4nc(C)ccn4n3)cc2)cc1C(=O)O)c1ccc(C)cc1C. The van der Waals surface area contributed by atoms with E-state index in [9.17, 15) is 14.5 Å². The van der Waals surface area contributed by atoms with Gasteiger partial charge in [-0.2, -0.15) is 5.10 Å². The monoisotopic (exact) mass is 516 g/mol. The number of aromatic carboxylic acids is 1. The first-order chi connectivity index (χ1) is 17.7. The minimum absolute atomic E-state index is 0.0523. The van der Waals surface area contributed by atoms with E-state index in [0.29, 0.717) is 11.0 Å². The number of hydrogen-bond acceptors (Lipinski definition) is 6. The Morgan fingerprint density at radius 3 is 2.46 bits per heavy atom. The quantitative estimate of drug-likeness (QED) is 0.296. The summed E-state index contributed by atoms with van der Waals surface area (Å²) in [6.07, 6.45) is 3.23. The molecule has 0 aliphatic heterocycles. The normalized spacial score (nSPS) is 13.0. The Labute approximate surface area is 213 Å². The maximum Gasteiger partial charge on any atom is 0.341 e. The van der Waals surface area contributed by atoms with Crippen LogP contribution in [0.2, 0.25) is 0 Å². The van der Waals surface area contributed by atoms with Gasteiger partial charge < -0.3 is 9.63 Å². The zero-order valence-electron chi connectivity index (χ0n) is 20.7. The van der Waals surface area contributed by atoms with Crippen molar-refractivity contribution >= 4 is 30.3 Å². The topological polar surface area (TPSA) is 124 Å². The fraction of sp³-hybridized carbons (Fsp3) is 0.154. The minimum atomic E-state index is -3.65. The Balaban J connectivity index is 1.47. The number of carboxylic acid groups (broad SMARTS) is 1. The molecule has 0 aliphatic rings. The third kappa shape index (κ3) is 4.64. The van der Waals surface area contributed by atoms with E-state index >= 15 is 0 Å². The highest BCUT2D eigenvalue weighted by Gasteiger charge is 2.30. The van der Waals surface area contributed by atoms with Crippen LogP contribution in [-0.4, -0.2) is 42.6 Å². The number of aromatic nitrogens is 5. The Kier molecular flexibility index (Phi) is 6.15. The molecule has 5 rings (SSSR count). The first-order valence-corrected chi connectivity index (χ1v) is 13.1. The molecule has 0 saturated heterocycles. The molecular weight excluding hydrogens is 491 g/mol. The number of aryl methyl sites for hydroxylation is 3. The van der Waals surface area contributed by atoms with Gasteiger partial charge in [0.25, 0.3) is 0 Å². The van der Waals surface area contributed by atoms with E-state index in [0.717, 1.165) is 33.7 Å². The van der Waals surface area contributed by atoms with Gasteiger partial charge in [0.15, 0.2) is 11.5 Å². The van der Waals surface area contributed by atoms with Crippen molar-refractivity contribution in [2.45, 2.75) is 20.8 Å². The van der Waals surface area contributed by atoms with Crippen LogP contribution < -0.4 is 10.4 Å². The highest BCUT2D eigenvalue weighted by atomic mass is 31.2. The average Bonchev–Trinajstić information content (AvgIpc) is 3.48. The van der Waals surface area contributed by atoms with Crippen LogP contribution in [0.15, 0.2) is 67.0 Å². The van der Waals surface area contributed by atoms with Gasteiger partial charge in [-0.25, -0.2) is 19.0 Å². The summed E-state index contributed by atoms with van der Waals surface area (Å²) in [5, 5.41) is 22.0. The lowest BCUT2D eigenvalue weighted by Gasteiger charge is -2.20. The second kappa shape index (κ2) is 9.31. The molecule has 11 heteroatoms. The maximum atomic E-state index is 13.7. The van der Waals surface area contributed by atoms with E-state index in [1.807, 2.05) is 63.4 Å². The van der Waals surface area contributed by atoms with Crippen molar-refractivity contribution in [1.29, 1.82) is 0 Å². The number of rotatable bonds is 7. The first kappa shape index (κ1) is 24.4. The Morgan fingerprint density at radius 2 is 1.78 bits per heavy atom. The number of anilines is 1. The fourth-order valence-corrected chi connectivity index (χ4v) is 5.78. The first-order valence-electron chi connectivity index (χ1n) is 11.5. The number of carbonyl (C=O) groups is 1. The molecule has 1 atom stereocenters. The van der Waals surface area contributed by atoms with Crippen LogP contribution in [0.4, 0.5) is 5.82 Å². The molecule has 0 radical (unpaired) electrons. The van der Waals surface area contributed by atoms with E-state index in [4.69, 9.17) is 4.52 Å². The zero-order chi connectivity index (χ0) is 26.3. The van der Waals surface area contributed by atoms with Crippen LogP contribution in [0, 0.1) is 20.8 Å². The molecular formula is C26H25N6O4P. The molecule has 2 N–H and O–H groups in total. The van der Waals surface area contributed by atoms with Gasteiger partial charge in [0, 0.05) is 36.8 Å². The molecule has 2 aromatic carbocycles. The second-order valence-corrected chi connectivity index (χ2v) is 10.9. The van der Waals surface area contributed by atoms with Crippen LogP contribution in [0.25, 0.3) is 22.6 Å². The lowest BCUT2D eigenvalue weighted by molar-refractivity contribution is 0.0698. The molecule has 0 saturated carbocycles. The van der Waals surface area contributed by atoms with Gasteiger partial charge in [-0.05, 0) is 50.6 Å². The molecule has 1 unspecified atom stereocenters. The molecule has 5 aromatic rings. The van der Waals surface area contributed by atoms with Gasteiger partial charge in [0.2, 0.25) is 0 Å². The van der Waals surface area contributed by atoms with Crippen molar-refractivity contribution in [3.63, 3.8) is 0 Å². The highest BCUT2D eigenvalue weighted by Crippen LogP contribution is 2.46. The van der Waals surface area contributed by atoms with Crippen LogP contribution in [0.3, 0.4) is 0 Å². The summed E-state index contributed by atoms with van der Waals surface area (Å²) in [6.45, 7) is 5.69. The van der Waals surface area contributed by atoms with Gasteiger partial charge in [-0.3, -0.25) is 9.65 Å². The smallest absolute Gasteiger partial charge is 0.341 e. The average molecular weight is 516 g/mol. The van der Waals surface area contributed by atoms with Gasteiger partial charge in [-0.1, -0.05) is 29.8 Å². The van der Waals surface area contributed by atoms with Crippen molar-refractivity contribution in [2.24, 2.45) is 0 Å². The molecule has 188 valence electrons. The summed E-state index contributed by atoms with van der Waals surface area (Å²) in [5.41, 5.74) is 5.55. The highest BCUT2D eigenvalue weighted by molar-refractivity contribution is 7.68. The molecule has 10 nitrogen and oxygen atoms in total. The van der Waals surface area contributed by atoms with Crippen molar-refractivity contribution in [1.82, 2.24) is 24.4 Å². The van der Waals surface area contributed by atoms with Crippen molar-refractivity contribution in [3.05, 3.63) is 89.4 Å². The standard InChI is InChI=1S/C26H25N6O4P/c1-16-5-10-23(17(2)13-16)37(35,36-4)30-25-21(26(33)34)15-32(29-25)20-8-6-19(7-9-20)22-14-24-27-18(3)11-12-31(24)28-22/h5-15H,1-4H3,(H,33,34)(H,29,30,35). The Bertz CT molecular complexity index is 1690. The molecule has 0 bridgehead atoms. The molecule has 3 heterocycles. The van der Waals surface area contributed by atoms with E-state index < -0.39 is 13.5 Å². The lowest BCUT2D eigenvalue weighted by Crippen LogP contribution is -2.17. The molecule has 37 heavy (non-hydrogen) atoms. The zero-order valence-corrected chi connectivity index (χ0v) is 21.6. The van der Waals surface area contributed by atoms with Gasteiger partial charge in [0.05, 0.1) is 16.7 Å². The summed E-state index contributed by atoms with van der Waals surface area (Å²) in [5.74, 6) is -1.26. The summed E-state index contributed by atoms with van der Waals surface area (Å²) >= 11 is 0. The van der Waals surface area contributed by atoms with Gasteiger partial charge in [-0.15, -0.1) is 5.10 Å². The van der Waals surface area contributed by atoms with Crippen molar-refractivity contribution in [2.75, 3.05) is 12.2 Å².